The summed E-state index contributed by atoms with van der Waals surface area (Å²) >= 11 is 1.61. The Morgan fingerprint density at radius 2 is 2.14 bits per heavy atom. The lowest BCUT2D eigenvalue weighted by atomic mass is 10.2. The van der Waals surface area contributed by atoms with Crippen LogP contribution in [0.2, 0.25) is 0 Å². The molecular formula is C16H18N2O2S. The number of nitrogens with zero attached hydrogens (tertiary/aromatic N) is 2. The van der Waals surface area contributed by atoms with Crippen molar-refractivity contribution in [2.45, 2.75) is 39.0 Å². The van der Waals surface area contributed by atoms with E-state index < -0.39 is 0 Å². The Bertz CT molecular complexity index is 608. The largest absolute Gasteiger partial charge is 0.445 e. The molecule has 3 rings (SSSR count). The van der Waals surface area contributed by atoms with Crippen LogP contribution < -0.4 is 0 Å². The number of aromatic nitrogens is 1. The van der Waals surface area contributed by atoms with Crippen molar-refractivity contribution in [3.8, 4) is 0 Å². The summed E-state index contributed by atoms with van der Waals surface area (Å²) in [6, 6.07) is 10.1. The lowest BCUT2D eigenvalue weighted by molar-refractivity contribution is 0.0905. The number of ether oxygens (including phenoxy) is 1. The molecule has 0 bridgehead atoms. The fourth-order valence-corrected chi connectivity index (χ4v) is 2.79. The second-order valence-electron chi connectivity index (χ2n) is 5.26. The quantitative estimate of drug-likeness (QED) is 0.844. The van der Waals surface area contributed by atoms with Crippen molar-refractivity contribution in [3.63, 3.8) is 0 Å². The highest BCUT2D eigenvalue weighted by molar-refractivity contribution is 7.09. The first kappa shape index (κ1) is 14.1. The molecule has 0 aliphatic heterocycles. The monoisotopic (exact) mass is 302 g/mol. The van der Waals surface area contributed by atoms with Gasteiger partial charge in [0, 0.05) is 11.4 Å². The molecule has 110 valence electrons. The summed E-state index contributed by atoms with van der Waals surface area (Å²) in [6.45, 7) is 2.84. The van der Waals surface area contributed by atoms with E-state index in [-0.39, 0.29) is 6.09 Å². The fourth-order valence-electron chi connectivity index (χ4n) is 2.19. The van der Waals surface area contributed by atoms with Gasteiger partial charge in [-0.15, -0.1) is 11.3 Å². The van der Waals surface area contributed by atoms with Crippen LogP contribution in [0.3, 0.4) is 0 Å². The second-order valence-corrected chi connectivity index (χ2v) is 6.32. The maximum Gasteiger partial charge on any atom is 0.410 e. The van der Waals surface area contributed by atoms with Crippen molar-refractivity contribution in [2.24, 2.45) is 0 Å². The summed E-state index contributed by atoms with van der Waals surface area (Å²) in [5, 5.41) is 3.04. The van der Waals surface area contributed by atoms with Gasteiger partial charge in [-0.25, -0.2) is 9.78 Å². The van der Waals surface area contributed by atoms with Crippen LogP contribution in [-0.2, 0) is 17.9 Å². The van der Waals surface area contributed by atoms with E-state index in [1.807, 2.05) is 42.6 Å². The molecule has 1 aromatic heterocycles. The summed E-state index contributed by atoms with van der Waals surface area (Å²) in [4.78, 5) is 18.5. The van der Waals surface area contributed by atoms with Gasteiger partial charge in [0.2, 0.25) is 0 Å². The van der Waals surface area contributed by atoms with Gasteiger partial charge in [-0.2, -0.15) is 0 Å². The third-order valence-electron chi connectivity index (χ3n) is 3.43. The second kappa shape index (κ2) is 6.26. The van der Waals surface area contributed by atoms with Crippen LogP contribution in [0, 0.1) is 6.92 Å². The molecule has 1 heterocycles. The van der Waals surface area contributed by atoms with Crippen molar-refractivity contribution in [3.05, 3.63) is 52.0 Å². The van der Waals surface area contributed by atoms with E-state index in [0.29, 0.717) is 19.2 Å². The van der Waals surface area contributed by atoms with Crippen molar-refractivity contribution < 1.29 is 9.53 Å². The van der Waals surface area contributed by atoms with E-state index >= 15 is 0 Å². The molecule has 0 saturated heterocycles. The average Bonchev–Trinajstić information content (AvgIpc) is 3.26. The predicted molar refractivity (Wildman–Crippen MR) is 82.0 cm³/mol. The lowest BCUT2D eigenvalue weighted by Gasteiger charge is -2.20. The van der Waals surface area contributed by atoms with E-state index in [1.165, 1.54) is 0 Å². The van der Waals surface area contributed by atoms with Crippen LogP contribution in [-0.4, -0.2) is 22.0 Å². The number of aryl methyl sites for hydroxylation is 1. The number of benzene rings is 1. The van der Waals surface area contributed by atoms with Gasteiger partial charge < -0.3 is 4.74 Å². The summed E-state index contributed by atoms with van der Waals surface area (Å²) in [6.07, 6.45) is 1.87. The number of carbonyl (C=O) groups excluding carboxylic acids is 1. The Labute approximate surface area is 128 Å². The van der Waals surface area contributed by atoms with Gasteiger partial charge in [-0.1, -0.05) is 30.3 Å². The van der Waals surface area contributed by atoms with Crippen LogP contribution in [0.15, 0.2) is 35.7 Å². The normalized spacial score (nSPS) is 14.0. The zero-order valence-corrected chi connectivity index (χ0v) is 12.8. The third kappa shape index (κ3) is 3.82. The van der Waals surface area contributed by atoms with Gasteiger partial charge in [0.15, 0.2) is 0 Å². The molecule has 0 N–H and O–H groups in total. The SMILES string of the molecule is Cc1nc(CN(C(=O)OCc2ccccc2)C2CC2)cs1. The highest BCUT2D eigenvalue weighted by Gasteiger charge is 2.34. The van der Waals surface area contributed by atoms with E-state index in [9.17, 15) is 4.79 Å². The number of hydrogen-bond acceptors (Lipinski definition) is 4. The van der Waals surface area contributed by atoms with Crippen molar-refractivity contribution in [2.75, 3.05) is 0 Å². The Balaban J connectivity index is 1.59. The van der Waals surface area contributed by atoms with Crippen molar-refractivity contribution >= 4 is 17.4 Å². The van der Waals surface area contributed by atoms with Gasteiger partial charge >= 0.3 is 6.09 Å². The molecule has 1 aliphatic rings. The Kier molecular flexibility index (Phi) is 4.20. The van der Waals surface area contributed by atoms with E-state index in [4.69, 9.17) is 4.74 Å². The minimum Gasteiger partial charge on any atom is -0.445 e. The minimum atomic E-state index is -0.244. The van der Waals surface area contributed by atoms with Crippen LogP contribution >= 0.6 is 11.3 Å². The highest BCUT2D eigenvalue weighted by Crippen LogP contribution is 2.29. The van der Waals surface area contributed by atoms with Gasteiger partial charge in [-0.3, -0.25) is 4.90 Å². The summed E-state index contributed by atoms with van der Waals surface area (Å²) in [5.41, 5.74) is 1.95. The maximum absolute atomic E-state index is 12.3. The average molecular weight is 302 g/mol. The predicted octanol–water partition coefficient (Wildman–Crippen LogP) is 3.75. The number of carbonyl (C=O) groups is 1. The summed E-state index contributed by atoms with van der Waals surface area (Å²) in [5.74, 6) is 0. The molecule has 1 fully saturated rings. The standard InChI is InChI=1S/C16H18N2O2S/c1-12-17-14(11-21-12)9-18(15-7-8-15)16(19)20-10-13-5-3-2-4-6-13/h2-6,11,15H,7-10H2,1H3. The molecule has 5 heteroatoms. The van der Waals surface area contributed by atoms with Crippen LogP contribution in [0.5, 0.6) is 0 Å². The molecule has 1 aromatic carbocycles. The molecule has 21 heavy (non-hydrogen) atoms. The molecule has 4 nitrogen and oxygen atoms in total. The first-order valence-corrected chi connectivity index (χ1v) is 7.98. The number of rotatable bonds is 5. The summed E-state index contributed by atoms with van der Waals surface area (Å²) < 4.78 is 5.43. The maximum atomic E-state index is 12.3. The number of amides is 1. The minimum absolute atomic E-state index is 0.244. The number of thiazole rings is 1. The molecule has 0 spiro atoms. The smallest absolute Gasteiger partial charge is 0.410 e. The van der Waals surface area contributed by atoms with Gasteiger partial charge in [-0.05, 0) is 25.3 Å². The van der Waals surface area contributed by atoms with Gasteiger partial charge in [0.25, 0.3) is 0 Å². The van der Waals surface area contributed by atoms with Crippen LogP contribution in [0.4, 0.5) is 4.79 Å². The van der Waals surface area contributed by atoms with E-state index in [1.54, 1.807) is 16.2 Å². The molecule has 2 aromatic rings. The first-order valence-electron chi connectivity index (χ1n) is 7.10. The molecule has 0 unspecified atom stereocenters. The highest BCUT2D eigenvalue weighted by atomic mass is 32.1. The first-order chi connectivity index (χ1) is 10.2. The molecule has 0 atom stereocenters. The van der Waals surface area contributed by atoms with Crippen molar-refractivity contribution in [1.29, 1.82) is 0 Å². The number of hydrogen-bond donors (Lipinski definition) is 0. The third-order valence-corrected chi connectivity index (χ3v) is 4.25. The lowest BCUT2D eigenvalue weighted by Crippen LogP contribution is -2.33. The Morgan fingerprint density at radius 1 is 1.38 bits per heavy atom. The molecule has 0 radical (unpaired) electrons. The fraction of sp³-hybridized carbons (Fsp3) is 0.375. The zero-order valence-electron chi connectivity index (χ0n) is 12.0. The van der Waals surface area contributed by atoms with Crippen LogP contribution in [0.1, 0.15) is 29.1 Å². The zero-order chi connectivity index (χ0) is 14.7. The van der Waals surface area contributed by atoms with Gasteiger partial charge in [0.1, 0.15) is 6.61 Å². The van der Waals surface area contributed by atoms with Crippen LogP contribution in [0.25, 0.3) is 0 Å². The summed E-state index contributed by atoms with van der Waals surface area (Å²) in [7, 11) is 0. The topological polar surface area (TPSA) is 42.4 Å². The molecular weight excluding hydrogens is 284 g/mol. The molecule has 1 amide bonds. The Hall–Kier alpha value is -1.88. The van der Waals surface area contributed by atoms with Gasteiger partial charge in [0.05, 0.1) is 17.2 Å². The Morgan fingerprint density at radius 3 is 2.76 bits per heavy atom. The van der Waals surface area contributed by atoms with E-state index in [2.05, 4.69) is 4.98 Å². The van der Waals surface area contributed by atoms with E-state index in [0.717, 1.165) is 29.1 Å². The molecule has 1 aliphatic carbocycles. The molecule has 1 saturated carbocycles. The van der Waals surface area contributed by atoms with Crippen molar-refractivity contribution in [1.82, 2.24) is 9.88 Å².